The number of fused-ring (bicyclic) bond motifs is 1. The minimum Gasteiger partial charge on any atom is -0.385 e. The molecule has 0 aromatic heterocycles. The smallest absolute Gasteiger partial charge is 0.0518 e. The number of unbranched alkanes of at least 4 members (excludes halogenated alkanes) is 1. The summed E-state index contributed by atoms with van der Waals surface area (Å²) < 4.78 is 5.52. The van der Waals surface area contributed by atoms with Gasteiger partial charge in [0.1, 0.15) is 0 Å². The summed E-state index contributed by atoms with van der Waals surface area (Å²) in [6.45, 7) is 6.01. The van der Waals surface area contributed by atoms with Crippen molar-refractivity contribution in [1.82, 2.24) is 0 Å². The molecule has 0 aliphatic heterocycles. The molecule has 0 radical (unpaired) electrons. The van der Waals surface area contributed by atoms with Crippen LogP contribution in [0.15, 0.2) is 42.5 Å². The van der Waals surface area contributed by atoms with Crippen LogP contribution in [0, 0.1) is 0 Å². The lowest BCUT2D eigenvalue weighted by molar-refractivity contribution is 0.0765. The number of anilines is 1. The fraction of sp³-hybridized carbons (Fsp3) is 0.412. The monoisotopic (exact) mass is 257 g/mol. The summed E-state index contributed by atoms with van der Waals surface area (Å²) in [6.07, 6.45) is 2.59. The Labute approximate surface area is 115 Å². The summed E-state index contributed by atoms with van der Waals surface area (Å²) >= 11 is 0. The molecule has 0 amide bonds. The SMILES string of the molecule is CC(C)OCCCCNc1ccc2ccccc2c1. The first-order valence-corrected chi connectivity index (χ1v) is 7.10. The molecule has 1 N–H and O–H groups in total. The number of rotatable bonds is 7. The summed E-state index contributed by atoms with van der Waals surface area (Å²) in [5.74, 6) is 0. The molecule has 0 atom stereocenters. The molecule has 0 saturated heterocycles. The summed E-state index contributed by atoms with van der Waals surface area (Å²) in [6, 6.07) is 15.0. The predicted molar refractivity (Wildman–Crippen MR) is 82.8 cm³/mol. The van der Waals surface area contributed by atoms with Crippen molar-refractivity contribution in [3.05, 3.63) is 42.5 Å². The maximum atomic E-state index is 5.52. The molecular weight excluding hydrogens is 234 g/mol. The molecule has 0 unspecified atom stereocenters. The van der Waals surface area contributed by atoms with Gasteiger partial charge in [-0.3, -0.25) is 0 Å². The third-order valence-corrected chi connectivity index (χ3v) is 3.10. The van der Waals surface area contributed by atoms with Gasteiger partial charge in [-0.15, -0.1) is 0 Å². The third-order valence-electron chi connectivity index (χ3n) is 3.10. The van der Waals surface area contributed by atoms with Gasteiger partial charge >= 0.3 is 0 Å². The minimum absolute atomic E-state index is 0.341. The van der Waals surface area contributed by atoms with Gasteiger partial charge in [0, 0.05) is 18.8 Å². The fourth-order valence-corrected chi connectivity index (χ4v) is 2.08. The minimum atomic E-state index is 0.341. The molecule has 102 valence electrons. The van der Waals surface area contributed by atoms with Crippen molar-refractivity contribution in [2.24, 2.45) is 0 Å². The molecule has 0 aliphatic rings. The van der Waals surface area contributed by atoms with Crippen LogP contribution in [0.4, 0.5) is 5.69 Å². The second-order valence-corrected chi connectivity index (χ2v) is 5.12. The first-order valence-electron chi connectivity index (χ1n) is 7.10. The Morgan fingerprint density at radius 1 is 1.00 bits per heavy atom. The van der Waals surface area contributed by atoms with E-state index in [0.717, 1.165) is 26.0 Å². The quantitative estimate of drug-likeness (QED) is 0.740. The van der Waals surface area contributed by atoms with E-state index in [1.165, 1.54) is 16.5 Å². The maximum Gasteiger partial charge on any atom is 0.0518 e. The predicted octanol–water partition coefficient (Wildman–Crippen LogP) is 4.46. The highest BCUT2D eigenvalue weighted by Gasteiger charge is 1.96. The second-order valence-electron chi connectivity index (χ2n) is 5.12. The van der Waals surface area contributed by atoms with Crippen molar-refractivity contribution in [3.63, 3.8) is 0 Å². The molecule has 0 fully saturated rings. The number of ether oxygens (including phenoxy) is 1. The number of hydrogen-bond donors (Lipinski definition) is 1. The zero-order valence-electron chi connectivity index (χ0n) is 11.9. The molecule has 2 heteroatoms. The first-order chi connectivity index (χ1) is 9.25. The summed E-state index contributed by atoms with van der Waals surface area (Å²) in [7, 11) is 0. The largest absolute Gasteiger partial charge is 0.385 e. The number of benzene rings is 2. The van der Waals surface area contributed by atoms with Gasteiger partial charge in [-0.05, 0) is 49.6 Å². The van der Waals surface area contributed by atoms with E-state index in [2.05, 4.69) is 61.6 Å². The molecule has 2 aromatic rings. The highest BCUT2D eigenvalue weighted by molar-refractivity contribution is 5.85. The molecule has 0 saturated carbocycles. The number of hydrogen-bond acceptors (Lipinski definition) is 2. The van der Waals surface area contributed by atoms with E-state index in [1.54, 1.807) is 0 Å². The van der Waals surface area contributed by atoms with Crippen LogP contribution in [0.2, 0.25) is 0 Å². The lowest BCUT2D eigenvalue weighted by atomic mass is 10.1. The standard InChI is InChI=1S/C17H23NO/c1-14(2)19-12-6-5-11-18-17-10-9-15-7-3-4-8-16(15)13-17/h3-4,7-10,13-14,18H,5-6,11-12H2,1-2H3. The van der Waals surface area contributed by atoms with Gasteiger partial charge in [0.25, 0.3) is 0 Å². The fourth-order valence-electron chi connectivity index (χ4n) is 2.08. The van der Waals surface area contributed by atoms with Crippen LogP contribution < -0.4 is 5.32 Å². The van der Waals surface area contributed by atoms with Crippen molar-refractivity contribution >= 4 is 16.5 Å². The average molecular weight is 257 g/mol. The highest BCUT2D eigenvalue weighted by atomic mass is 16.5. The lowest BCUT2D eigenvalue weighted by Gasteiger charge is -2.09. The molecule has 2 rings (SSSR count). The van der Waals surface area contributed by atoms with Crippen LogP contribution in [0.5, 0.6) is 0 Å². The molecule has 2 aromatic carbocycles. The van der Waals surface area contributed by atoms with Crippen LogP contribution in [-0.4, -0.2) is 19.3 Å². The van der Waals surface area contributed by atoms with Gasteiger partial charge in [-0.2, -0.15) is 0 Å². The summed E-state index contributed by atoms with van der Waals surface area (Å²) in [5.41, 5.74) is 1.20. The Bertz CT molecular complexity index is 507. The molecule has 0 spiro atoms. The van der Waals surface area contributed by atoms with Crippen LogP contribution in [0.3, 0.4) is 0 Å². The van der Waals surface area contributed by atoms with E-state index in [9.17, 15) is 0 Å². The number of nitrogens with one attached hydrogen (secondary N) is 1. The van der Waals surface area contributed by atoms with E-state index >= 15 is 0 Å². The van der Waals surface area contributed by atoms with Gasteiger partial charge < -0.3 is 10.1 Å². The zero-order chi connectivity index (χ0) is 13.5. The molecule has 0 aliphatic carbocycles. The van der Waals surface area contributed by atoms with Crippen molar-refractivity contribution in [2.45, 2.75) is 32.8 Å². The van der Waals surface area contributed by atoms with Crippen molar-refractivity contribution < 1.29 is 4.74 Å². The van der Waals surface area contributed by atoms with E-state index < -0.39 is 0 Å². The lowest BCUT2D eigenvalue weighted by Crippen LogP contribution is -2.06. The Morgan fingerprint density at radius 2 is 1.79 bits per heavy atom. The van der Waals surface area contributed by atoms with Crippen LogP contribution in [0.1, 0.15) is 26.7 Å². The molecular formula is C17H23NO. The van der Waals surface area contributed by atoms with Gasteiger partial charge in [-0.25, -0.2) is 0 Å². The van der Waals surface area contributed by atoms with E-state index in [1.807, 2.05) is 0 Å². The van der Waals surface area contributed by atoms with Gasteiger partial charge in [0.15, 0.2) is 0 Å². The zero-order valence-corrected chi connectivity index (χ0v) is 11.9. The van der Waals surface area contributed by atoms with Crippen LogP contribution in [0.25, 0.3) is 10.8 Å². The second kappa shape index (κ2) is 7.15. The van der Waals surface area contributed by atoms with Crippen LogP contribution in [-0.2, 0) is 4.74 Å². The average Bonchev–Trinajstić information content (AvgIpc) is 2.42. The maximum absolute atomic E-state index is 5.52. The van der Waals surface area contributed by atoms with E-state index in [4.69, 9.17) is 4.74 Å². The third kappa shape index (κ3) is 4.56. The molecule has 2 nitrogen and oxygen atoms in total. The highest BCUT2D eigenvalue weighted by Crippen LogP contribution is 2.18. The van der Waals surface area contributed by atoms with E-state index in [0.29, 0.717) is 6.10 Å². The topological polar surface area (TPSA) is 21.3 Å². The Hall–Kier alpha value is -1.54. The molecule has 19 heavy (non-hydrogen) atoms. The van der Waals surface area contributed by atoms with Gasteiger partial charge in [-0.1, -0.05) is 30.3 Å². The summed E-state index contributed by atoms with van der Waals surface area (Å²) in [4.78, 5) is 0. The van der Waals surface area contributed by atoms with Crippen molar-refractivity contribution in [3.8, 4) is 0 Å². The molecule has 0 bridgehead atoms. The van der Waals surface area contributed by atoms with Crippen molar-refractivity contribution in [2.75, 3.05) is 18.5 Å². The molecule has 0 heterocycles. The van der Waals surface area contributed by atoms with E-state index in [-0.39, 0.29) is 0 Å². The Kier molecular flexibility index (Phi) is 5.22. The summed E-state index contributed by atoms with van der Waals surface area (Å²) in [5, 5.41) is 6.05. The van der Waals surface area contributed by atoms with Gasteiger partial charge in [0.05, 0.1) is 6.10 Å². The van der Waals surface area contributed by atoms with Gasteiger partial charge in [0.2, 0.25) is 0 Å². The van der Waals surface area contributed by atoms with Crippen molar-refractivity contribution in [1.29, 1.82) is 0 Å². The van der Waals surface area contributed by atoms with Crippen LogP contribution >= 0.6 is 0 Å². The Morgan fingerprint density at radius 3 is 2.58 bits per heavy atom. The first kappa shape index (κ1) is 13.9. The Balaban J connectivity index is 1.75. The normalized spacial score (nSPS) is 11.1.